The monoisotopic (exact) mass is 191 g/mol. The Bertz CT molecular complexity index is 513. The van der Waals surface area contributed by atoms with Gasteiger partial charge in [-0.1, -0.05) is 0 Å². The first-order valence-corrected chi connectivity index (χ1v) is 4.11. The van der Waals surface area contributed by atoms with Gasteiger partial charge in [-0.25, -0.2) is 4.79 Å². The molecule has 0 aliphatic carbocycles. The number of carbonyl (C=O) groups is 1. The fraction of sp³-hybridized carbons (Fsp3) is 0.100. The first kappa shape index (κ1) is 8.62. The highest BCUT2D eigenvalue weighted by Crippen LogP contribution is 2.25. The van der Waals surface area contributed by atoms with Crippen LogP contribution in [0, 0.1) is 6.92 Å². The summed E-state index contributed by atoms with van der Waals surface area (Å²) in [5.41, 5.74) is 6.48. The number of carboxylic acids is 1. The Balaban J connectivity index is 2.85. The maximum absolute atomic E-state index is 10.9. The van der Waals surface area contributed by atoms with Crippen LogP contribution < -0.4 is 5.73 Å². The molecule has 0 unspecified atom stereocenters. The highest BCUT2D eigenvalue weighted by Gasteiger charge is 2.13. The van der Waals surface area contributed by atoms with E-state index >= 15 is 0 Å². The van der Waals surface area contributed by atoms with E-state index in [0.29, 0.717) is 17.0 Å². The van der Waals surface area contributed by atoms with Crippen molar-refractivity contribution < 1.29 is 14.3 Å². The van der Waals surface area contributed by atoms with Gasteiger partial charge in [0.05, 0.1) is 0 Å². The van der Waals surface area contributed by atoms with Crippen LogP contribution >= 0.6 is 0 Å². The third-order valence-corrected chi connectivity index (χ3v) is 1.99. The summed E-state index contributed by atoms with van der Waals surface area (Å²) in [6.07, 6.45) is 0. The molecule has 0 amide bonds. The molecule has 0 atom stereocenters. The van der Waals surface area contributed by atoms with Crippen molar-refractivity contribution >= 4 is 22.6 Å². The molecule has 3 N–H and O–H groups in total. The van der Waals surface area contributed by atoms with Gasteiger partial charge in [0.15, 0.2) is 0 Å². The van der Waals surface area contributed by atoms with E-state index in [1.807, 2.05) is 0 Å². The molecule has 4 heteroatoms. The van der Waals surface area contributed by atoms with E-state index in [1.54, 1.807) is 19.1 Å². The minimum Gasteiger partial charge on any atom is -0.478 e. The van der Waals surface area contributed by atoms with Crippen molar-refractivity contribution in [3.8, 4) is 0 Å². The summed E-state index contributed by atoms with van der Waals surface area (Å²) in [4.78, 5) is 10.9. The van der Waals surface area contributed by atoms with Crippen molar-refractivity contribution in [2.24, 2.45) is 0 Å². The number of furan rings is 1. The van der Waals surface area contributed by atoms with Crippen molar-refractivity contribution in [2.75, 3.05) is 5.73 Å². The fourth-order valence-electron chi connectivity index (χ4n) is 1.46. The van der Waals surface area contributed by atoms with Crippen LogP contribution in [0.3, 0.4) is 0 Å². The summed E-state index contributed by atoms with van der Waals surface area (Å²) in [5.74, 6) is -0.357. The smallest absolute Gasteiger partial charge is 0.339 e. The van der Waals surface area contributed by atoms with E-state index in [1.165, 1.54) is 6.07 Å². The van der Waals surface area contributed by atoms with Crippen LogP contribution in [0.15, 0.2) is 22.6 Å². The van der Waals surface area contributed by atoms with Gasteiger partial charge in [0.2, 0.25) is 0 Å². The Morgan fingerprint density at radius 1 is 1.43 bits per heavy atom. The summed E-state index contributed by atoms with van der Waals surface area (Å²) in [5, 5.41) is 9.62. The quantitative estimate of drug-likeness (QED) is 0.676. The molecule has 0 saturated heterocycles. The Morgan fingerprint density at radius 2 is 2.14 bits per heavy atom. The predicted molar refractivity (Wildman–Crippen MR) is 52.3 cm³/mol. The average Bonchev–Trinajstić information content (AvgIpc) is 2.42. The molecule has 1 aromatic carbocycles. The van der Waals surface area contributed by atoms with Gasteiger partial charge in [-0.2, -0.15) is 0 Å². The molecule has 2 aromatic rings. The topological polar surface area (TPSA) is 76.5 Å². The van der Waals surface area contributed by atoms with Gasteiger partial charge in [0.1, 0.15) is 16.9 Å². The van der Waals surface area contributed by atoms with Crippen molar-refractivity contribution in [1.29, 1.82) is 0 Å². The number of nitrogens with two attached hydrogens (primary N) is 1. The first-order chi connectivity index (χ1) is 6.58. The number of anilines is 1. The second-order valence-corrected chi connectivity index (χ2v) is 3.15. The highest BCUT2D eigenvalue weighted by molar-refractivity contribution is 6.02. The number of rotatable bonds is 1. The summed E-state index contributed by atoms with van der Waals surface area (Å²) >= 11 is 0. The number of benzene rings is 1. The molecule has 1 heterocycles. The maximum Gasteiger partial charge on any atom is 0.339 e. The standard InChI is InChI=1S/C10H9NO3/c1-5-2-6-3-7(11)4-8(10(12)13)9(6)14-5/h2-4H,11H2,1H3,(H,12,13). The lowest BCUT2D eigenvalue weighted by molar-refractivity contribution is 0.0698. The van der Waals surface area contributed by atoms with E-state index in [-0.39, 0.29) is 5.56 Å². The summed E-state index contributed by atoms with van der Waals surface area (Å²) in [6.45, 7) is 1.77. The predicted octanol–water partition coefficient (Wildman–Crippen LogP) is 2.02. The minimum atomic E-state index is -1.03. The van der Waals surface area contributed by atoms with Crippen molar-refractivity contribution in [1.82, 2.24) is 0 Å². The third-order valence-electron chi connectivity index (χ3n) is 1.99. The molecule has 0 saturated carbocycles. The van der Waals surface area contributed by atoms with Crippen LogP contribution in [-0.4, -0.2) is 11.1 Å². The average molecular weight is 191 g/mol. The van der Waals surface area contributed by atoms with Crippen LogP contribution in [0.25, 0.3) is 11.0 Å². The van der Waals surface area contributed by atoms with E-state index in [2.05, 4.69) is 0 Å². The fourth-order valence-corrected chi connectivity index (χ4v) is 1.46. The molecule has 0 aliphatic rings. The van der Waals surface area contributed by atoms with Crippen molar-refractivity contribution in [2.45, 2.75) is 6.92 Å². The molecule has 72 valence electrons. The van der Waals surface area contributed by atoms with Gasteiger partial charge in [-0.3, -0.25) is 0 Å². The molecule has 0 radical (unpaired) electrons. The summed E-state index contributed by atoms with van der Waals surface area (Å²) in [6, 6.07) is 4.85. The highest BCUT2D eigenvalue weighted by atomic mass is 16.4. The lowest BCUT2D eigenvalue weighted by atomic mass is 10.1. The number of fused-ring (bicyclic) bond motifs is 1. The Labute approximate surface area is 79.9 Å². The number of hydrogen-bond acceptors (Lipinski definition) is 3. The van der Waals surface area contributed by atoms with Gasteiger partial charge < -0.3 is 15.3 Å². The Kier molecular flexibility index (Phi) is 1.70. The van der Waals surface area contributed by atoms with Crippen LogP contribution in [-0.2, 0) is 0 Å². The summed E-state index contributed by atoms with van der Waals surface area (Å²) in [7, 11) is 0. The number of nitrogen functional groups attached to an aromatic ring is 1. The molecular formula is C10H9NO3. The first-order valence-electron chi connectivity index (χ1n) is 4.11. The summed E-state index contributed by atoms with van der Waals surface area (Å²) < 4.78 is 5.28. The normalized spacial score (nSPS) is 10.6. The molecule has 0 bridgehead atoms. The second-order valence-electron chi connectivity index (χ2n) is 3.15. The van der Waals surface area contributed by atoms with Gasteiger partial charge in [0.25, 0.3) is 0 Å². The molecule has 14 heavy (non-hydrogen) atoms. The van der Waals surface area contributed by atoms with Crippen LogP contribution in [0.2, 0.25) is 0 Å². The van der Waals surface area contributed by atoms with Crippen LogP contribution in [0.5, 0.6) is 0 Å². The van der Waals surface area contributed by atoms with Crippen molar-refractivity contribution in [3.05, 3.63) is 29.5 Å². The zero-order valence-electron chi connectivity index (χ0n) is 7.57. The lowest BCUT2D eigenvalue weighted by Gasteiger charge is -1.98. The lowest BCUT2D eigenvalue weighted by Crippen LogP contribution is -1.98. The number of hydrogen-bond donors (Lipinski definition) is 2. The molecule has 0 aliphatic heterocycles. The van der Waals surface area contributed by atoms with E-state index < -0.39 is 5.97 Å². The molecule has 2 rings (SSSR count). The van der Waals surface area contributed by atoms with E-state index in [9.17, 15) is 4.79 Å². The zero-order chi connectivity index (χ0) is 10.3. The Morgan fingerprint density at radius 3 is 2.79 bits per heavy atom. The molecular weight excluding hydrogens is 182 g/mol. The number of aromatic carboxylic acids is 1. The Hall–Kier alpha value is -1.97. The molecule has 0 spiro atoms. The van der Waals surface area contributed by atoms with Gasteiger partial charge in [-0.05, 0) is 25.1 Å². The minimum absolute atomic E-state index is 0.105. The van der Waals surface area contributed by atoms with Gasteiger partial charge in [0, 0.05) is 11.1 Å². The number of aryl methyl sites for hydroxylation is 1. The maximum atomic E-state index is 10.9. The molecule has 0 fully saturated rings. The SMILES string of the molecule is Cc1cc2cc(N)cc(C(=O)O)c2o1. The van der Waals surface area contributed by atoms with Crippen LogP contribution in [0.4, 0.5) is 5.69 Å². The zero-order valence-corrected chi connectivity index (χ0v) is 7.57. The molecule has 1 aromatic heterocycles. The van der Waals surface area contributed by atoms with Gasteiger partial charge in [-0.15, -0.1) is 0 Å². The van der Waals surface area contributed by atoms with Gasteiger partial charge >= 0.3 is 5.97 Å². The van der Waals surface area contributed by atoms with Crippen LogP contribution in [0.1, 0.15) is 16.1 Å². The van der Waals surface area contributed by atoms with E-state index in [0.717, 1.165) is 5.39 Å². The number of carboxylic acid groups (broad SMARTS) is 1. The second kappa shape index (κ2) is 2.77. The van der Waals surface area contributed by atoms with Crippen molar-refractivity contribution in [3.63, 3.8) is 0 Å². The third kappa shape index (κ3) is 1.21. The van der Waals surface area contributed by atoms with E-state index in [4.69, 9.17) is 15.3 Å². The molecule has 4 nitrogen and oxygen atoms in total. The largest absolute Gasteiger partial charge is 0.478 e.